The van der Waals surface area contributed by atoms with Crippen molar-refractivity contribution in [2.45, 2.75) is 51.4 Å². The molecule has 70 valence electrons. The Morgan fingerprint density at radius 2 is 2.08 bits per heavy atom. The van der Waals surface area contributed by atoms with Crippen LogP contribution >= 0.6 is 0 Å². The fourth-order valence-corrected chi connectivity index (χ4v) is 2.13. The largest absolute Gasteiger partial charge is 0.352 e. The minimum Gasteiger partial charge on any atom is -0.352 e. The van der Waals surface area contributed by atoms with Gasteiger partial charge >= 0.3 is 0 Å². The number of ether oxygens (including phenoxy) is 2. The van der Waals surface area contributed by atoms with Gasteiger partial charge in [0.15, 0.2) is 6.29 Å². The van der Waals surface area contributed by atoms with Gasteiger partial charge in [-0.15, -0.1) is 0 Å². The number of hydrogen-bond donors (Lipinski definition) is 0. The maximum atomic E-state index is 5.86. The van der Waals surface area contributed by atoms with E-state index in [2.05, 4.69) is 13.8 Å². The molecule has 12 heavy (non-hydrogen) atoms. The van der Waals surface area contributed by atoms with Crippen LogP contribution in [0.15, 0.2) is 0 Å². The maximum absolute atomic E-state index is 5.86. The van der Waals surface area contributed by atoms with Crippen molar-refractivity contribution in [1.82, 2.24) is 0 Å². The Morgan fingerprint density at radius 3 is 2.92 bits per heavy atom. The van der Waals surface area contributed by atoms with Crippen molar-refractivity contribution in [2.75, 3.05) is 6.61 Å². The fourth-order valence-electron chi connectivity index (χ4n) is 2.13. The normalized spacial score (nSPS) is 40.5. The van der Waals surface area contributed by atoms with Crippen LogP contribution in [0, 0.1) is 5.92 Å². The standard InChI is InChI=1S/C10H18O2/c1-10(2)6-5-8-4-3-7-11-9(8)12-10/h8-9H,3-7H2,1-2H3/t8-,9-/m0/s1. The van der Waals surface area contributed by atoms with Crippen LogP contribution in [0.4, 0.5) is 0 Å². The summed E-state index contributed by atoms with van der Waals surface area (Å²) in [7, 11) is 0. The predicted octanol–water partition coefficient (Wildman–Crippen LogP) is 2.33. The molecule has 0 unspecified atom stereocenters. The molecular weight excluding hydrogens is 152 g/mol. The highest BCUT2D eigenvalue weighted by Crippen LogP contribution is 2.36. The van der Waals surface area contributed by atoms with E-state index in [-0.39, 0.29) is 11.9 Å². The Labute approximate surface area is 74.2 Å². The summed E-state index contributed by atoms with van der Waals surface area (Å²) in [6.45, 7) is 5.19. The van der Waals surface area contributed by atoms with Gasteiger partial charge in [0.25, 0.3) is 0 Å². The van der Waals surface area contributed by atoms with Crippen LogP contribution in [0.25, 0.3) is 0 Å². The van der Waals surface area contributed by atoms with Crippen molar-refractivity contribution in [3.05, 3.63) is 0 Å². The smallest absolute Gasteiger partial charge is 0.161 e. The van der Waals surface area contributed by atoms with E-state index < -0.39 is 0 Å². The molecule has 0 N–H and O–H groups in total. The average molecular weight is 170 g/mol. The minimum atomic E-state index is 0.0402. The summed E-state index contributed by atoms with van der Waals surface area (Å²) in [6, 6.07) is 0. The van der Waals surface area contributed by atoms with Crippen LogP contribution < -0.4 is 0 Å². The summed E-state index contributed by atoms with van der Waals surface area (Å²) in [6.07, 6.45) is 5.06. The second-order valence-corrected chi connectivity index (χ2v) is 4.56. The summed E-state index contributed by atoms with van der Waals surface area (Å²) >= 11 is 0. The highest BCUT2D eigenvalue weighted by atomic mass is 16.7. The fraction of sp³-hybridized carbons (Fsp3) is 1.00. The van der Waals surface area contributed by atoms with Crippen LogP contribution in [0.1, 0.15) is 39.5 Å². The van der Waals surface area contributed by atoms with Gasteiger partial charge in [-0.2, -0.15) is 0 Å². The monoisotopic (exact) mass is 170 g/mol. The van der Waals surface area contributed by atoms with E-state index in [9.17, 15) is 0 Å². The first-order valence-electron chi connectivity index (χ1n) is 4.97. The van der Waals surface area contributed by atoms with Gasteiger partial charge in [-0.25, -0.2) is 0 Å². The van der Waals surface area contributed by atoms with Crippen molar-refractivity contribution in [3.63, 3.8) is 0 Å². The number of hydrogen-bond acceptors (Lipinski definition) is 2. The SMILES string of the molecule is CC1(C)CC[C@@H]2CCCO[C@H]2O1. The van der Waals surface area contributed by atoms with E-state index in [0.717, 1.165) is 6.61 Å². The summed E-state index contributed by atoms with van der Waals surface area (Å²) in [5.74, 6) is 0.673. The van der Waals surface area contributed by atoms with Gasteiger partial charge in [0.2, 0.25) is 0 Å². The third-order valence-corrected chi connectivity index (χ3v) is 2.94. The van der Waals surface area contributed by atoms with Crippen molar-refractivity contribution in [1.29, 1.82) is 0 Å². The van der Waals surface area contributed by atoms with Gasteiger partial charge in [-0.1, -0.05) is 0 Å². The topological polar surface area (TPSA) is 18.5 Å². The zero-order valence-corrected chi connectivity index (χ0v) is 8.01. The van der Waals surface area contributed by atoms with Gasteiger partial charge in [0.05, 0.1) is 5.60 Å². The van der Waals surface area contributed by atoms with Gasteiger partial charge in [-0.3, -0.25) is 0 Å². The molecule has 2 saturated heterocycles. The lowest BCUT2D eigenvalue weighted by Gasteiger charge is -2.43. The van der Waals surface area contributed by atoms with Crippen LogP contribution in [-0.4, -0.2) is 18.5 Å². The lowest BCUT2D eigenvalue weighted by Crippen LogP contribution is -2.44. The van der Waals surface area contributed by atoms with Gasteiger partial charge in [0.1, 0.15) is 0 Å². The molecule has 2 rings (SSSR count). The Kier molecular flexibility index (Phi) is 2.13. The molecule has 2 nitrogen and oxygen atoms in total. The highest BCUT2D eigenvalue weighted by molar-refractivity contribution is 4.81. The van der Waals surface area contributed by atoms with E-state index in [1.807, 2.05) is 0 Å². The first-order valence-corrected chi connectivity index (χ1v) is 4.97. The van der Waals surface area contributed by atoms with E-state index in [1.54, 1.807) is 0 Å². The molecule has 2 heteroatoms. The highest BCUT2D eigenvalue weighted by Gasteiger charge is 2.37. The first kappa shape index (κ1) is 8.52. The molecule has 0 saturated carbocycles. The van der Waals surface area contributed by atoms with Crippen molar-refractivity contribution < 1.29 is 9.47 Å². The maximum Gasteiger partial charge on any atom is 0.161 e. The quantitative estimate of drug-likeness (QED) is 0.555. The number of rotatable bonds is 0. The van der Waals surface area contributed by atoms with Gasteiger partial charge in [0, 0.05) is 12.5 Å². The van der Waals surface area contributed by atoms with Crippen molar-refractivity contribution >= 4 is 0 Å². The average Bonchev–Trinajstić information content (AvgIpc) is 2.02. The summed E-state index contributed by atoms with van der Waals surface area (Å²) in [5, 5.41) is 0. The summed E-state index contributed by atoms with van der Waals surface area (Å²) in [4.78, 5) is 0. The Hall–Kier alpha value is -0.0800. The van der Waals surface area contributed by atoms with Gasteiger partial charge < -0.3 is 9.47 Å². The molecule has 2 aliphatic rings. The third kappa shape index (κ3) is 1.64. The molecule has 0 radical (unpaired) electrons. The lowest BCUT2D eigenvalue weighted by atomic mass is 9.87. The molecule has 0 aliphatic carbocycles. The molecule has 2 aliphatic heterocycles. The number of fused-ring (bicyclic) bond motifs is 1. The van der Waals surface area contributed by atoms with Gasteiger partial charge in [-0.05, 0) is 39.5 Å². The molecule has 2 atom stereocenters. The Bertz CT molecular complexity index is 165. The second-order valence-electron chi connectivity index (χ2n) is 4.56. The van der Waals surface area contributed by atoms with E-state index in [4.69, 9.17) is 9.47 Å². The Balaban J connectivity index is 1.99. The van der Waals surface area contributed by atoms with Crippen molar-refractivity contribution in [2.24, 2.45) is 5.92 Å². The minimum absolute atomic E-state index is 0.0402. The van der Waals surface area contributed by atoms with Crippen LogP contribution in [0.5, 0.6) is 0 Å². The molecule has 0 aromatic rings. The second kappa shape index (κ2) is 3.00. The zero-order valence-electron chi connectivity index (χ0n) is 8.01. The third-order valence-electron chi connectivity index (χ3n) is 2.94. The molecule has 0 amide bonds. The first-order chi connectivity index (χ1) is 5.67. The molecule has 0 aromatic heterocycles. The van der Waals surface area contributed by atoms with Crippen LogP contribution in [0.2, 0.25) is 0 Å². The van der Waals surface area contributed by atoms with Crippen LogP contribution in [-0.2, 0) is 9.47 Å². The Morgan fingerprint density at radius 1 is 1.25 bits per heavy atom. The molecule has 0 bridgehead atoms. The zero-order chi connectivity index (χ0) is 8.60. The molecule has 0 aromatic carbocycles. The molecule has 0 spiro atoms. The van der Waals surface area contributed by atoms with E-state index in [0.29, 0.717) is 5.92 Å². The molecule has 2 heterocycles. The van der Waals surface area contributed by atoms with Crippen molar-refractivity contribution in [3.8, 4) is 0 Å². The summed E-state index contributed by atoms with van der Waals surface area (Å²) in [5.41, 5.74) is 0.0402. The lowest BCUT2D eigenvalue weighted by molar-refractivity contribution is -0.264. The van der Waals surface area contributed by atoms with E-state index >= 15 is 0 Å². The summed E-state index contributed by atoms with van der Waals surface area (Å²) < 4.78 is 11.5. The molecule has 2 fully saturated rings. The van der Waals surface area contributed by atoms with Crippen LogP contribution in [0.3, 0.4) is 0 Å². The molecular formula is C10H18O2. The van der Waals surface area contributed by atoms with E-state index in [1.165, 1.54) is 25.7 Å². The predicted molar refractivity (Wildman–Crippen MR) is 46.9 cm³/mol.